The maximum atomic E-state index is 13.2. The summed E-state index contributed by atoms with van der Waals surface area (Å²) in [5, 5.41) is 3.62. The zero-order chi connectivity index (χ0) is 13.2. The summed E-state index contributed by atoms with van der Waals surface area (Å²) < 4.78 is 13.2. The van der Waals surface area contributed by atoms with Crippen molar-refractivity contribution < 1.29 is 4.39 Å². The van der Waals surface area contributed by atoms with Crippen LogP contribution in [0, 0.1) is 5.82 Å². The van der Waals surface area contributed by atoms with Crippen molar-refractivity contribution >= 4 is 0 Å². The molecule has 0 spiro atoms. The number of nitrogens with zero attached hydrogens (tertiary/aromatic N) is 1. The quantitative estimate of drug-likeness (QED) is 0.908. The maximum Gasteiger partial charge on any atom is 0.123 e. The van der Waals surface area contributed by atoms with Crippen LogP contribution in [0.1, 0.15) is 42.1 Å². The molecular weight excluding hydrogens is 239 g/mol. The third kappa shape index (κ3) is 2.51. The molecular formula is C16H17FN2. The minimum atomic E-state index is -0.137. The SMILES string of the molecule is CC(NC1CCc2cc(F)ccc21)c1ccncc1. The van der Waals surface area contributed by atoms with E-state index in [0.717, 1.165) is 18.4 Å². The van der Waals surface area contributed by atoms with E-state index < -0.39 is 0 Å². The molecule has 3 rings (SSSR count). The highest BCUT2D eigenvalue weighted by molar-refractivity contribution is 5.35. The van der Waals surface area contributed by atoms with Gasteiger partial charge in [0.05, 0.1) is 0 Å². The fourth-order valence-electron chi connectivity index (χ4n) is 2.81. The van der Waals surface area contributed by atoms with Crippen LogP contribution in [0.15, 0.2) is 42.7 Å². The van der Waals surface area contributed by atoms with E-state index >= 15 is 0 Å². The Kier molecular flexibility index (Phi) is 3.30. The third-order valence-corrected chi connectivity index (χ3v) is 3.84. The van der Waals surface area contributed by atoms with Crippen molar-refractivity contribution in [3.63, 3.8) is 0 Å². The van der Waals surface area contributed by atoms with Gasteiger partial charge in [-0.1, -0.05) is 6.07 Å². The topological polar surface area (TPSA) is 24.9 Å². The molecule has 1 aromatic heterocycles. The summed E-state index contributed by atoms with van der Waals surface area (Å²) in [4.78, 5) is 4.04. The maximum absolute atomic E-state index is 13.2. The molecule has 0 saturated heterocycles. The van der Waals surface area contributed by atoms with E-state index in [0.29, 0.717) is 6.04 Å². The highest BCUT2D eigenvalue weighted by Crippen LogP contribution is 2.33. The van der Waals surface area contributed by atoms with Crippen LogP contribution in [-0.4, -0.2) is 4.98 Å². The first-order valence-corrected chi connectivity index (χ1v) is 6.68. The molecule has 1 aromatic carbocycles. The van der Waals surface area contributed by atoms with Crippen LogP contribution < -0.4 is 5.32 Å². The molecule has 0 amide bonds. The Morgan fingerprint density at radius 1 is 1.26 bits per heavy atom. The van der Waals surface area contributed by atoms with E-state index in [2.05, 4.69) is 17.2 Å². The fourth-order valence-corrected chi connectivity index (χ4v) is 2.81. The molecule has 1 aliphatic carbocycles. The number of rotatable bonds is 3. The molecule has 1 N–H and O–H groups in total. The van der Waals surface area contributed by atoms with Gasteiger partial charge in [0.15, 0.2) is 0 Å². The molecule has 2 aromatic rings. The van der Waals surface area contributed by atoms with Gasteiger partial charge in [-0.25, -0.2) is 4.39 Å². The number of aryl methyl sites for hydroxylation is 1. The summed E-state index contributed by atoms with van der Waals surface area (Å²) in [7, 11) is 0. The molecule has 0 aliphatic heterocycles. The van der Waals surface area contributed by atoms with Crippen LogP contribution >= 0.6 is 0 Å². The molecule has 0 saturated carbocycles. The number of hydrogen-bond donors (Lipinski definition) is 1. The van der Waals surface area contributed by atoms with Crippen LogP contribution in [0.2, 0.25) is 0 Å². The predicted molar refractivity (Wildman–Crippen MR) is 73.2 cm³/mol. The van der Waals surface area contributed by atoms with Gasteiger partial charge in [0.1, 0.15) is 5.82 Å². The monoisotopic (exact) mass is 256 g/mol. The smallest absolute Gasteiger partial charge is 0.123 e. The Bertz CT molecular complexity index is 568. The van der Waals surface area contributed by atoms with Crippen LogP contribution in [0.25, 0.3) is 0 Å². The molecule has 0 fully saturated rings. The van der Waals surface area contributed by atoms with Crippen LogP contribution in [0.5, 0.6) is 0 Å². The number of fused-ring (bicyclic) bond motifs is 1. The van der Waals surface area contributed by atoms with E-state index in [-0.39, 0.29) is 11.9 Å². The van der Waals surface area contributed by atoms with Gasteiger partial charge in [0.2, 0.25) is 0 Å². The highest BCUT2D eigenvalue weighted by atomic mass is 19.1. The Hall–Kier alpha value is -1.74. The van der Waals surface area contributed by atoms with Crippen LogP contribution in [0.4, 0.5) is 4.39 Å². The van der Waals surface area contributed by atoms with E-state index in [1.807, 2.05) is 30.6 Å². The van der Waals surface area contributed by atoms with Crippen molar-refractivity contribution in [3.8, 4) is 0 Å². The molecule has 2 nitrogen and oxygen atoms in total. The number of benzene rings is 1. The molecule has 1 aliphatic rings. The number of halogens is 1. The summed E-state index contributed by atoms with van der Waals surface area (Å²) in [5.74, 6) is -0.137. The first-order valence-electron chi connectivity index (χ1n) is 6.68. The summed E-state index contributed by atoms with van der Waals surface area (Å²) in [6.07, 6.45) is 5.61. The number of aromatic nitrogens is 1. The van der Waals surface area contributed by atoms with Crippen molar-refractivity contribution in [2.24, 2.45) is 0 Å². The van der Waals surface area contributed by atoms with Crippen molar-refractivity contribution in [3.05, 3.63) is 65.2 Å². The molecule has 3 heteroatoms. The van der Waals surface area contributed by atoms with E-state index in [1.54, 1.807) is 12.1 Å². The first kappa shape index (κ1) is 12.3. The highest BCUT2D eigenvalue weighted by Gasteiger charge is 2.24. The van der Waals surface area contributed by atoms with Gasteiger partial charge in [0, 0.05) is 24.5 Å². The van der Waals surface area contributed by atoms with Gasteiger partial charge >= 0.3 is 0 Å². The number of hydrogen-bond acceptors (Lipinski definition) is 2. The van der Waals surface area contributed by atoms with E-state index in [9.17, 15) is 4.39 Å². The Morgan fingerprint density at radius 3 is 2.84 bits per heavy atom. The van der Waals surface area contributed by atoms with Gasteiger partial charge in [-0.3, -0.25) is 4.98 Å². The third-order valence-electron chi connectivity index (χ3n) is 3.84. The fraction of sp³-hybridized carbons (Fsp3) is 0.312. The largest absolute Gasteiger partial charge is 0.303 e. The van der Waals surface area contributed by atoms with E-state index in [1.165, 1.54) is 11.1 Å². The first-order chi connectivity index (χ1) is 9.24. The van der Waals surface area contributed by atoms with Gasteiger partial charge < -0.3 is 5.32 Å². The molecule has 19 heavy (non-hydrogen) atoms. The Morgan fingerprint density at radius 2 is 2.05 bits per heavy atom. The minimum Gasteiger partial charge on any atom is -0.303 e. The number of pyridine rings is 1. The lowest BCUT2D eigenvalue weighted by Crippen LogP contribution is -2.23. The lowest BCUT2D eigenvalue weighted by atomic mass is 10.1. The summed E-state index contributed by atoms with van der Waals surface area (Å²) in [6, 6.07) is 9.76. The van der Waals surface area contributed by atoms with Gasteiger partial charge in [-0.15, -0.1) is 0 Å². The lowest BCUT2D eigenvalue weighted by molar-refractivity contribution is 0.464. The van der Waals surface area contributed by atoms with Gasteiger partial charge in [-0.05, 0) is 60.7 Å². The molecule has 98 valence electrons. The van der Waals surface area contributed by atoms with Crippen molar-refractivity contribution in [2.45, 2.75) is 31.8 Å². The summed E-state index contributed by atoms with van der Waals surface area (Å²) >= 11 is 0. The molecule has 1 heterocycles. The van der Waals surface area contributed by atoms with Gasteiger partial charge in [0.25, 0.3) is 0 Å². The van der Waals surface area contributed by atoms with E-state index in [4.69, 9.17) is 0 Å². The molecule has 2 atom stereocenters. The predicted octanol–water partition coefficient (Wildman–Crippen LogP) is 3.56. The summed E-state index contributed by atoms with van der Waals surface area (Å²) in [5.41, 5.74) is 3.60. The van der Waals surface area contributed by atoms with Crippen molar-refractivity contribution in [1.29, 1.82) is 0 Å². The number of nitrogens with one attached hydrogen (secondary N) is 1. The Labute approximate surface area is 112 Å². The molecule has 0 radical (unpaired) electrons. The van der Waals surface area contributed by atoms with Crippen LogP contribution in [-0.2, 0) is 6.42 Å². The minimum absolute atomic E-state index is 0.137. The van der Waals surface area contributed by atoms with Crippen molar-refractivity contribution in [2.75, 3.05) is 0 Å². The van der Waals surface area contributed by atoms with Gasteiger partial charge in [-0.2, -0.15) is 0 Å². The average Bonchev–Trinajstić information content (AvgIpc) is 2.82. The lowest BCUT2D eigenvalue weighted by Gasteiger charge is -2.20. The normalized spacial score (nSPS) is 19.2. The second kappa shape index (κ2) is 5.10. The molecule has 0 bridgehead atoms. The zero-order valence-corrected chi connectivity index (χ0v) is 10.9. The average molecular weight is 256 g/mol. The molecule has 2 unspecified atom stereocenters. The standard InChI is InChI=1S/C16H17FN2/c1-11(12-6-8-18-9-7-12)19-16-5-2-13-10-14(17)3-4-15(13)16/h3-4,6-11,16,19H,2,5H2,1H3. The Balaban J connectivity index is 1.76. The van der Waals surface area contributed by atoms with Crippen molar-refractivity contribution in [1.82, 2.24) is 10.3 Å². The second-order valence-electron chi connectivity index (χ2n) is 5.10. The summed E-state index contributed by atoms with van der Waals surface area (Å²) in [6.45, 7) is 2.15. The zero-order valence-electron chi connectivity index (χ0n) is 10.9. The second-order valence-corrected chi connectivity index (χ2v) is 5.10. The van der Waals surface area contributed by atoms with Crippen LogP contribution in [0.3, 0.4) is 0 Å².